The number of carbonyl (C=O) groups is 1. The van der Waals surface area contributed by atoms with Gasteiger partial charge in [-0.3, -0.25) is 13.8 Å². The number of unbranched alkanes of at least 4 members (excludes halogenated alkanes) is 17. The minimum atomic E-state index is -4.29. The molecular formula is C50H91NO7P+. The number of rotatable bonds is 43. The molecule has 0 radical (unpaired) electrons. The number of hydrogen-bond acceptors (Lipinski definition) is 6. The van der Waals surface area contributed by atoms with Crippen molar-refractivity contribution in [3.05, 3.63) is 72.9 Å². The van der Waals surface area contributed by atoms with E-state index in [2.05, 4.69) is 86.8 Å². The van der Waals surface area contributed by atoms with Crippen molar-refractivity contribution in [1.82, 2.24) is 0 Å². The van der Waals surface area contributed by atoms with Gasteiger partial charge < -0.3 is 18.9 Å². The highest BCUT2D eigenvalue weighted by Crippen LogP contribution is 2.43. The van der Waals surface area contributed by atoms with Crippen molar-refractivity contribution in [3.8, 4) is 0 Å². The molecule has 2 atom stereocenters. The Balaban J connectivity index is 4.24. The van der Waals surface area contributed by atoms with Crippen LogP contribution in [0, 0.1) is 0 Å². The first-order valence-corrected chi connectivity index (χ1v) is 25.2. The summed E-state index contributed by atoms with van der Waals surface area (Å²) in [6.45, 7) is 5.44. The first-order chi connectivity index (χ1) is 28.6. The fourth-order valence-electron chi connectivity index (χ4n) is 6.10. The topological polar surface area (TPSA) is 91.3 Å². The third kappa shape index (κ3) is 46.9. The number of nitrogens with zero attached hydrogens (tertiary/aromatic N) is 1. The molecule has 0 saturated carbocycles. The highest BCUT2D eigenvalue weighted by Gasteiger charge is 2.26. The summed E-state index contributed by atoms with van der Waals surface area (Å²) in [6.07, 6.45) is 55.0. The zero-order valence-corrected chi connectivity index (χ0v) is 39.6. The Morgan fingerprint density at radius 2 is 0.983 bits per heavy atom. The zero-order chi connectivity index (χ0) is 43.4. The minimum Gasteiger partial charge on any atom is -0.457 e. The summed E-state index contributed by atoms with van der Waals surface area (Å²) in [7, 11) is 1.64. The Labute approximate surface area is 363 Å². The number of ether oxygens (including phenoxy) is 2. The second kappa shape index (κ2) is 42.6. The first kappa shape index (κ1) is 56.9. The summed E-state index contributed by atoms with van der Waals surface area (Å²) in [4.78, 5) is 22.9. The van der Waals surface area contributed by atoms with E-state index in [1.165, 1.54) is 83.5 Å². The summed E-state index contributed by atoms with van der Waals surface area (Å²) in [5, 5.41) is 0. The summed E-state index contributed by atoms with van der Waals surface area (Å²) in [5.41, 5.74) is 0. The quantitative estimate of drug-likeness (QED) is 0.0215. The molecule has 0 aliphatic carbocycles. The molecule has 2 unspecified atom stereocenters. The fraction of sp³-hybridized carbons (Fsp3) is 0.740. The molecule has 0 fully saturated rings. The number of esters is 1. The molecule has 9 heteroatoms. The molecule has 0 spiro atoms. The summed E-state index contributed by atoms with van der Waals surface area (Å²) >= 11 is 0. The standard InChI is InChI=1S/C50H90NO7P/c1-6-8-10-12-14-16-18-20-22-24-25-26-28-30-32-34-36-38-40-42-45-55-47-49(48-57-59(53,54)56-46-44-51(3,4)5)58-50(52)43-41-39-37-35-33-31-29-27-23-21-19-17-15-13-11-9-7-2/h8,10,14-17,20-23,25-26,49H,6-7,9,11-13,18-19,24,27-48H2,1-5H3/p+1/b10-8-,16-14-,17-15-,22-20-,23-21-,26-25-. The smallest absolute Gasteiger partial charge is 0.457 e. The van der Waals surface area contributed by atoms with E-state index in [1.807, 2.05) is 21.1 Å². The van der Waals surface area contributed by atoms with Crippen LogP contribution in [-0.2, 0) is 27.9 Å². The number of allylic oxidation sites excluding steroid dienone is 12. The Morgan fingerprint density at radius 3 is 1.47 bits per heavy atom. The highest BCUT2D eigenvalue weighted by atomic mass is 31.2. The molecule has 59 heavy (non-hydrogen) atoms. The molecule has 342 valence electrons. The fourth-order valence-corrected chi connectivity index (χ4v) is 6.84. The summed E-state index contributed by atoms with van der Waals surface area (Å²) in [6, 6.07) is 0. The van der Waals surface area contributed by atoms with E-state index in [0.29, 0.717) is 24.1 Å². The monoisotopic (exact) mass is 849 g/mol. The maximum Gasteiger partial charge on any atom is 0.472 e. The average Bonchev–Trinajstić information content (AvgIpc) is 3.19. The van der Waals surface area contributed by atoms with Crippen LogP contribution < -0.4 is 0 Å². The maximum absolute atomic E-state index is 12.7. The van der Waals surface area contributed by atoms with E-state index in [0.717, 1.165) is 77.0 Å². The zero-order valence-electron chi connectivity index (χ0n) is 38.7. The second-order valence-electron chi connectivity index (χ2n) is 16.8. The van der Waals surface area contributed by atoms with Crippen LogP contribution in [0.25, 0.3) is 0 Å². The summed E-state index contributed by atoms with van der Waals surface area (Å²) < 4.78 is 35.1. The molecular weight excluding hydrogens is 758 g/mol. The molecule has 8 nitrogen and oxygen atoms in total. The number of phosphoric ester groups is 1. The van der Waals surface area contributed by atoms with Crippen LogP contribution in [0.3, 0.4) is 0 Å². The van der Waals surface area contributed by atoms with Gasteiger partial charge in [0.15, 0.2) is 0 Å². The maximum atomic E-state index is 12.7. The normalized spacial score (nSPS) is 14.3. The molecule has 0 saturated heterocycles. The van der Waals surface area contributed by atoms with Gasteiger partial charge in [0, 0.05) is 13.0 Å². The lowest BCUT2D eigenvalue weighted by Gasteiger charge is -2.24. The number of phosphoric acid groups is 1. The van der Waals surface area contributed by atoms with Crippen LogP contribution in [0.15, 0.2) is 72.9 Å². The lowest BCUT2D eigenvalue weighted by atomic mass is 10.1. The van der Waals surface area contributed by atoms with Gasteiger partial charge in [0.05, 0.1) is 34.4 Å². The van der Waals surface area contributed by atoms with Crippen LogP contribution in [0.1, 0.15) is 181 Å². The molecule has 0 bridgehead atoms. The van der Waals surface area contributed by atoms with E-state index in [9.17, 15) is 14.3 Å². The largest absolute Gasteiger partial charge is 0.472 e. The van der Waals surface area contributed by atoms with Gasteiger partial charge in [-0.15, -0.1) is 0 Å². The SMILES string of the molecule is CC/C=C\C/C=C\C/C=C\C/C=C\CCCCCCCCCOCC(COP(=O)(O)OCC[N+](C)(C)C)OC(=O)CCCCCCCCC/C=C\C/C=C\CCCCC. The number of hydrogen-bond donors (Lipinski definition) is 1. The van der Waals surface area contributed by atoms with Crippen LogP contribution in [0.2, 0.25) is 0 Å². The highest BCUT2D eigenvalue weighted by molar-refractivity contribution is 7.47. The van der Waals surface area contributed by atoms with Gasteiger partial charge in [-0.2, -0.15) is 0 Å². The van der Waals surface area contributed by atoms with Crippen molar-refractivity contribution < 1.29 is 37.3 Å². The molecule has 0 amide bonds. The lowest BCUT2D eigenvalue weighted by molar-refractivity contribution is -0.870. The van der Waals surface area contributed by atoms with Crippen molar-refractivity contribution in [1.29, 1.82) is 0 Å². The van der Waals surface area contributed by atoms with Crippen LogP contribution >= 0.6 is 7.82 Å². The van der Waals surface area contributed by atoms with Gasteiger partial charge in [-0.1, -0.05) is 164 Å². The molecule has 0 heterocycles. The lowest BCUT2D eigenvalue weighted by Crippen LogP contribution is -2.37. The molecule has 0 aromatic carbocycles. The first-order valence-electron chi connectivity index (χ1n) is 23.7. The molecule has 1 N–H and O–H groups in total. The van der Waals surface area contributed by atoms with Gasteiger partial charge in [0.1, 0.15) is 19.3 Å². The van der Waals surface area contributed by atoms with E-state index < -0.39 is 13.9 Å². The van der Waals surface area contributed by atoms with Gasteiger partial charge in [0.2, 0.25) is 0 Å². The van der Waals surface area contributed by atoms with Gasteiger partial charge >= 0.3 is 13.8 Å². The Kier molecular flexibility index (Phi) is 41.1. The number of carbonyl (C=O) groups excluding carboxylic acids is 1. The van der Waals surface area contributed by atoms with Crippen molar-refractivity contribution >= 4 is 13.8 Å². The molecule has 0 aromatic heterocycles. The van der Waals surface area contributed by atoms with Crippen LogP contribution in [-0.4, -0.2) is 75.6 Å². The Morgan fingerprint density at radius 1 is 0.542 bits per heavy atom. The van der Waals surface area contributed by atoms with Crippen molar-refractivity contribution in [2.75, 3.05) is 54.1 Å². The Hall–Kier alpha value is -2.06. The van der Waals surface area contributed by atoms with Crippen molar-refractivity contribution in [3.63, 3.8) is 0 Å². The van der Waals surface area contributed by atoms with E-state index in [-0.39, 0.29) is 25.8 Å². The molecule has 0 aliphatic rings. The van der Waals surface area contributed by atoms with Gasteiger partial charge in [-0.05, 0) is 83.5 Å². The van der Waals surface area contributed by atoms with Crippen LogP contribution in [0.4, 0.5) is 0 Å². The molecule has 0 aliphatic heterocycles. The number of quaternary nitrogens is 1. The average molecular weight is 849 g/mol. The van der Waals surface area contributed by atoms with E-state index >= 15 is 0 Å². The Bertz CT molecular complexity index is 1170. The molecule has 0 rings (SSSR count). The second-order valence-corrected chi connectivity index (χ2v) is 18.2. The van der Waals surface area contributed by atoms with Gasteiger partial charge in [0.25, 0.3) is 0 Å². The predicted octanol–water partition coefficient (Wildman–Crippen LogP) is 14.3. The third-order valence-corrected chi connectivity index (χ3v) is 10.7. The summed E-state index contributed by atoms with van der Waals surface area (Å²) in [5.74, 6) is -0.328. The third-order valence-electron chi connectivity index (χ3n) is 9.75. The van der Waals surface area contributed by atoms with Gasteiger partial charge in [-0.25, -0.2) is 4.57 Å². The van der Waals surface area contributed by atoms with Crippen molar-refractivity contribution in [2.24, 2.45) is 0 Å². The van der Waals surface area contributed by atoms with E-state index in [1.54, 1.807) is 0 Å². The number of likely N-dealkylation sites (N-methyl/N-ethyl adjacent to an activating group) is 1. The van der Waals surface area contributed by atoms with Crippen molar-refractivity contribution in [2.45, 2.75) is 187 Å². The van der Waals surface area contributed by atoms with Crippen LogP contribution in [0.5, 0.6) is 0 Å². The minimum absolute atomic E-state index is 0.0810. The van der Waals surface area contributed by atoms with E-state index in [4.69, 9.17) is 18.5 Å². The molecule has 0 aromatic rings. The predicted molar refractivity (Wildman–Crippen MR) is 252 cm³/mol.